The van der Waals surface area contributed by atoms with Crippen LogP contribution in [0, 0.1) is 23.3 Å². The SMILES string of the molecule is NNc1c(F)c(F)c(-c2ccccc2)c(F)c1F. The minimum Gasteiger partial charge on any atom is -0.319 e. The fraction of sp³-hybridized carbons (Fsp3) is 0. The van der Waals surface area contributed by atoms with Crippen LogP contribution in [0.3, 0.4) is 0 Å². The molecule has 6 heteroatoms. The monoisotopic (exact) mass is 256 g/mol. The summed E-state index contributed by atoms with van der Waals surface area (Å²) >= 11 is 0. The molecule has 0 bridgehead atoms. The van der Waals surface area contributed by atoms with E-state index in [4.69, 9.17) is 5.84 Å². The lowest BCUT2D eigenvalue weighted by Crippen LogP contribution is -2.14. The molecule has 0 aliphatic rings. The largest absolute Gasteiger partial charge is 0.319 e. The van der Waals surface area contributed by atoms with Crippen LogP contribution in [0.2, 0.25) is 0 Å². The lowest BCUT2D eigenvalue weighted by molar-refractivity contribution is 0.463. The van der Waals surface area contributed by atoms with Gasteiger partial charge in [0, 0.05) is 0 Å². The van der Waals surface area contributed by atoms with Crippen molar-refractivity contribution in [3.63, 3.8) is 0 Å². The molecule has 0 amide bonds. The van der Waals surface area contributed by atoms with Gasteiger partial charge in [-0.3, -0.25) is 5.84 Å². The number of rotatable bonds is 2. The molecule has 0 aliphatic heterocycles. The van der Waals surface area contributed by atoms with Crippen LogP contribution >= 0.6 is 0 Å². The lowest BCUT2D eigenvalue weighted by Gasteiger charge is -2.11. The van der Waals surface area contributed by atoms with Gasteiger partial charge >= 0.3 is 0 Å². The van der Waals surface area contributed by atoms with Gasteiger partial charge in [0.05, 0.1) is 5.56 Å². The third-order valence-corrected chi connectivity index (χ3v) is 2.47. The molecule has 0 fully saturated rings. The van der Waals surface area contributed by atoms with Gasteiger partial charge in [-0.25, -0.2) is 17.6 Å². The van der Waals surface area contributed by atoms with Crippen LogP contribution in [0.25, 0.3) is 11.1 Å². The van der Waals surface area contributed by atoms with E-state index in [1.165, 1.54) is 24.3 Å². The Bertz CT molecular complexity index is 555. The molecule has 0 aromatic heterocycles. The smallest absolute Gasteiger partial charge is 0.187 e. The molecule has 0 radical (unpaired) electrons. The molecule has 2 nitrogen and oxygen atoms in total. The highest BCUT2D eigenvalue weighted by Gasteiger charge is 2.25. The quantitative estimate of drug-likeness (QED) is 0.375. The topological polar surface area (TPSA) is 38.0 Å². The molecule has 0 saturated carbocycles. The normalized spacial score (nSPS) is 10.5. The average Bonchev–Trinajstić information content (AvgIpc) is 2.39. The summed E-state index contributed by atoms with van der Waals surface area (Å²) in [6, 6.07) is 7.30. The zero-order chi connectivity index (χ0) is 13.3. The van der Waals surface area contributed by atoms with Gasteiger partial charge in [-0.05, 0) is 5.56 Å². The summed E-state index contributed by atoms with van der Waals surface area (Å²) in [5.41, 5.74) is -0.167. The van der Waals surface area contributed by atoms with E-state index in [-0.39, 0.29) is 5.56 Å². The number of halogens is 4. The van der Waals surface area contributed by atoms with Crippen molar-refractivity contribution in [3.8, 4) is 11.1 Å². The van der Waals surface area contributed by atoms with E-state index in [0.717, 1.165) is 0 Å². The maximum Gasteiger partial charge on any atom is 0.187 e. The third kappa shape index (κ3) is 1.80. The van der Waals surface area contributed by atoms with Crippen molar-refractivity contribution in [1.29, 1.82) is 0 Å². The first-order chi connectivity index (χ1) is 8.57. The molecule has 2 rings (SSSR count). The molecule has 0 atom stereocenters. The third-order valence-electron chi connectivity index (χ3n) is 2.47. The molecule has 2 aromatic rings. The highest BCUT2D eigenvalue weighted by atomic mass is 19.2. The van der Waals surface area contributed by atoms with Crippen LogP contribution in [0.5, 0.6) is 0 Å². The van der Waals surface area contributed by atoms with Gasteiger partial charge < -0.3 is 5.43 Å². The van der Waals surface area contributed by atoms with Gasteiger partial charge in [-0.1, -0.05) is 30.3 Å². The van der Waals surface area contributed by atoms with Crippen molar-refractivity contribution in [3.05, 3.63) is 53.6 Å². The summed E-state index contributed by atoms with van der Waals surface area (Å²) in [5, 5.41) is 0. The van der Waals surface area contributed by atoms with Crippen molar-refractivity contribution < 1.29 is 17.6 Å². The molecule has 0 heterocycles. The molecular formula is C12H8F4N2. The molecular weight excluding hydrogens is 248 g/mol. The van der Waals surface area contributed by atoms with E-state index in [9.17, 15) is 17.6 Å². The number of hydrogen-bond donors (Lipinski definition) is 2. The summed E-state index contributed by atoms with van der Waals surface area (Å²) < 4.78 is 54.3. The standard InChI is InChI=1S/C12H8F4N2/c13-8-7(6-4-2-1-3-5-6)9(14)11(16)12(18-17)10(8)15/h1-5,18H,17H2. The van der Waals surface area contributed by atoms with Gasteiger partial charge in [0.15, 0.2) is 23.3 Å². The predicted molar refractivity (Wildman–Crippen MR) is 59.5 cm³/mol. The highest BCUT2D eigenvalue weighted by Crippen LogP contribution is 2.33. The number of hydrazine groups is 1. The molecule has 0 saturated heterocycles. The second-order valence-electron chi connectivity index (χ2n) is 3.52. The fourth-order valence-electron chi connectivity index (χ4n) is 1.62. The Labute approximate surface area is 100 Å². The van der Waals surface area contributed by atoms with E-state index in [1.807, 2.05) is 0 Å². The zero-order valence-electron chi connectivity index (χ0n) is 8.98. The maximum atomic E-state index is 13.7. The highest BCUT2D eigenvalue weighted by molar-refractivity contribution is 5.68. The second kappa shape index (κ2) is 4.66. The number of nitrogens with one attached hydrogen (secondary N) is 1. The molecule has 18 heavy (non-hydrogen) atoms. The summed E-state index contributed by atoms with van der Waals surface area (Å²) in [7, 11) is 0. The van der Waals surface area contributed by atoms with Gasteiger partial charge in [-0.2, -0.15) is 0 Å². The van der Waals surface area contributed by atoms with Crippen LogP contribution in [-0.2, 0) is 0 Å². The van der Waals surface area contributed by atoms with E-state index in [0.29, 0.717) is 0 Å². The maximum absolute atomic E-state index is 13.7. The Balaban J connectivity index is 2.78. The van der Waals surface area contributed by atoms with Crippen molar-refractivity contribution in [2.75, 3.05) is 5.43 Å². The minimum absolute atomic E-state index is 0.0360. The van der Waals surface area contributed by atoms with Crippen LogP contribution in [0.15, 0.2) is 30.3 Å². The first-order valence-corrected chi connectivity index (χ1v) is 4.96. The van der Waals surface area contributed by atoms with E-state index < -0.39 is 34.5 Å². The first-order valence-electron chi connectivity index (χ1n) is 4.96. The van der Waals surface area contributed by atoms with Crippen LogP contribution in [-0.4, -0.2) is 0 Å². The zero-order valence-corrected chi connectivity index (χ0v) is 8.98. The van der Waals surface area contributed by atoms with Crippen LogP contribution < -0.4 is 11.3 Å². The molecule has 0 spiro atoms. The molecule has 94 valence electrons. The molecule has 0 unspecified atom stereocenters. The van der Waals surface area contributed by atoms with Gasteiger partial charge in [-0.15, -0.1) is 0 Å². The Morgan fingerprint density at radius 2 is 1.28 bits per heavy atom. The Kier molecular flexibility index (Phi) is 3.20. The lowest BCUT2D eigenvalue weighted by atomic mass is 10.0. The summed E-state index contributed by atoms with van der Waals surface area (Å²) in [6.07, 6.45) is 0. The number of anilines is 1. The van der Waals surface area contributed by atoms with E-state index in [1.54, 1.807) is 11.5 Å². The number of benzene rings is 2. The second-order valence-corrected chi connectivity index (χ2v) is 3.52. The molecule has 2 aromatic carbocycles. The van der Waals surface area contributed by atoms with Crippen molar-refractivity contribution in [2.24, 2.45) is 5.84 Å². The minimum atomic E-state index is -1.56. The fourth-order valence-corrected chi connectivity index (χ4v) is 1.62. The predicted octanol–water partition coefficient (Wildman–Crippen LogP) is 3.20. The Morgan fingerprint density at radius 3 is 1.72 bits per heavy atom. The van der Waals surface area contributed by atoms with E-state index >= 15 is 0 Å². The van der Waals surface area contributed by atoms with Crippen LogP contribution in [0.4, 0.5) is 23.2 Å². The first kappa shape index (κ1) is 12.4. The van der Waals surface area contributed by atoms with Crippen LogP contribution in [0.1, 0.15) is 0 Å². The summed E-state index contributed by atoms with van der Waals surface area (Å²) in [4.78, 5) is 0. The number of hydrogen-bond acceptors (Lipinski definition) is 2. The van der Waals surface area contributed by atoms with Gasteiger partial charge in [0.2, 0.25) is 0 Å². The number of nitrogens with two attached hydrogens (primary N) is 1. The van der Waals surface area contributed by atoms with Crippen molar-refractivity contribution in [2.45, 2.75) is 0 Å². The van der Waals surface area contributed by atoms with Gasteiger partial charge in [0.1, 0.15) is 5.69 Å². The van der Waals surface area contributed by atoms with Gasteiger partial charge in [0.25, 0.3) is 0 Å². The Hall–Kier alpha value is -2.08. The average molecular weight is 256 g/mol. The van der Waals surface area contributed by atoms with Crippen molar-refractivity contribution >= 4 is 5.69 Å². The van der Waals surface area contributed by atoms with Crippen molar-refractivity contribution in [1.82, 2.24) is 0 Å². The molecule has 3 N–H and O–H groups in total. The summed E-state index contributed by atoms with van der Waals surface area (Å²) in [6.45, 7) is 0. The molecule has 0 aliphatic carbocycles. The summed E-state index contributed by atoms with van der Waals surface area (Å²) in [5.74, 6) is -1.29. The number of nitrogen functional groups attached to an aromatic ring is 1. The Morgan fingerprint density at radius 1 is 0.778 bits per heavy atom. The van der Waals surface area contributed by atoms with E-state index in [2.05, 4.69) is 0 Å².